The average Bonchev–Trinajstić information content (AvgIpc) is 3.71. The number of hydrogen-bond donors (Lipinski definition) is 2. The van der Waals surface area contributed by atoms with E-state index in [9.17, 15) is 9.59 Å². The predicted molar refractivity (Wildman–Crippen MR) is 183 cm³/mol. The summed E-state index contributed by atoms with van der Waals surface area (Å²) in [6.45, 7) is 3.93. The smallest absolute Gasteiger partial charge is 0.251 e. The van der Waals surface area contributed by atoms with E-state index in [1.165, 1.54) is 23.1 Å². The number of carbonyl (C=O) groups is 2. The number of thiazole rings is 1. The summed E-state index contributed by atoms with van der Waals surface area (Å²) in [6.07, 6.45) is 1.81. The van der Waals surface area contributed by atoms with Crippen LogP contribution in [0.2, 0.25) is 0 Å². The average molecular weight is 649 g/mol. The van der Waals surface area contributed by atoms with Crippen molar-refractivity contribution in [3.63, 3.8) is 0 Å². The number of nitrogens with one attached hydrogen (secondary N) is 2. The fourth-order valence-electron chi connectivity index (χ4n) is 5.22. The van der Waals surface area contributed by atoms with E-state index in [-0.39, 0.29) is 24.1 Å². The number of hydrogen-bond acceptors (Lipinski definition) is 8. The van der Waals surface area contributed by atoms with Gasteiger partial charge in [-0.15, -0.1) is 11.3 Å². The van der Waals surface area contributed by atoms with Crippen LogP contribution >= 0.6 is 23.1 Å². The van der Waals surface area contributed by atoms with Gasteiger partial charge in [0, 0.05) is 50.7 Å². The Balaban J connectivity index is 1.39. The van der Waals surface area contributed by atoms with Crippen LogP contribution in [0, 0.1) is 13.8 Å². The van der Waals surface area contributed by atoms with E-state index >= 15 is 0 Å². The van der Waals surface area contributed by atoms with E-state index in [0.29, 0.717) is 27.2 Å². The minimum Gasteiger partial charge on any atom is -0.497 e. The second-order valence-electron chi connectivity index (χ2n) is 10.6. The van der Waals surface area contributed by atoms with Crippen LogP contribution in [0.1, 0.15) is 28.0 Å². The molecule has 0 radical (unpaired) electrons. The number of H-pyrrole nitrogens is 1. The van der Waals surface area contributed by atoms with E-state index in [2.05, 4.69) is 20.3 Å². The van der Waals surface area contributed by atoms with Gasteiger partial charge >= 0.3 is 0 Å². The Morgan fingerprint density at radius 3 is 2.41 bits per heavy atom. The molecule has 0 saturated carbocycles. The number of rotatable bonds is 11. The van der Waals surface area contributed by atoms with Crippen LogP contribution in [0.3, 0.4) is 0 Å². The zero-order valence-corrected chi connectivity index (χ0v) is 27.2. The number of nitrogens with zero attached hydrogens (tertiary/aromatic N) is 4. The summed E-state index contributed by atoms with van der Waals surface area (Å²) in [4.78, 5) is 47.4. The highest BCUT2D eigenvalue weighted by Gasteiger charge is 2.34. The third kappa shape index (κ3) is 7.11. The second kappa shape index (κ2) is 14.0. The summed E-state index contributed by atoms with van der Waals surface area (Å²) in [5, 5.41) is 7.09. The van der Waals surface area contributed by atoms with Crippen LogP contribution in [0.25, 0.3) is 22.2 Å². The lowest BCUT2D eigenvalue weighted by molar-refractivity contribution is -0.137. The molecule has 232 valence electrons. The minimum absolute atomic E-state index is 0.0362. The molecule has 1 atom stereocenters. The Morgan fingerprint density at radius 1 is 0.957 bits per heavy atom. The van der Waals surface area contributed by atoms with Crippen molar-refractivity contribution in [2.24, 2.45) is 0 Å². The highest BCUT2D eigenvalue weighted by atomic mass is 32.2. The molecule has 0 saturated heterocycles. The molecule has 6 aromatic rings. The lowest BCUT2D eigenvalue weighted by Gasteiger charge is -2.30. The van der Waals surface area contributed by atoms with Crippen molar-refractivity contribution in [2.45, 2.75) is 31.6 Å². The summed E-state index contributed by atoms with van der Waals surface area (Å²) in [6, 6.07) is 25.7. The maximum atomic E-state index is 14.3. The summed E-state index contributed by atoms with van der Waals surface area (Å²) < 4.78 is 5.29. The molecule has 0 bridgehead atoms. The van der Waals surface area contributed by atoms with E-state index in [4.69, 9.17) is 9.72 Å². The number of anilines is 1. The molecule has 0 aliphatic carbocycles. The molecule has 0 fully saturated rings. The molecule has 6 rings (SSSR count). The van der Waals surface area contributed by atoms with E-state index in [1.54, 1.807) is 42.5 Å². The SMILES string of the molecule is COc1ccc(NC(=O)[C@@H](c2c[nH]c3ccccc23)N(Cc2nc(-c3ccccc3)cs2)C(=O)CSc2nc(C)cc(C)n2)cc1. The highest BCUT2D eigenvalue weighted by molar-refractivity contribution is 7.99. The number of fused-ring (bicyclic) bond motifs is 1. The molecule has 0 spiro atoms. The van der Waals surface area contributed by atoms with Crippen molar-refractivity contribution in [3.05, 3.63) is 118 Å². The van der Waals surface area contributed by atoms with Gasteiger partial charge in [-0.25, -0.2) is 15.0 Å². The molecule has 3 aromatic heterocycles. The molecule has 0 aliphatic rings. The van der Waals surface area contributed by atoms with Gasteiger partial charge in [0.2, 0.25) is 5.91 Å². The summed E-state index contributed by atoms with van der Waals surface area (Å²) in [5.41, 5.74) is 5.58. The van der Waals surface area contributed by atoms with Crippen molar-refractivity contribution in [1.82, 2.24) is 24.8 Å². The molecule has 46 heavy (non-hydrogen) atoms. The van der Waals surface area contributed by atoms with Gasteiger partial charge in [-0.3, -0.25) is 9.59 Å². The van der Waals surface area contributed by atoms with Gasteiger partial charge in [0.05, 0.1) is 25.1 Å². The highest BCUT2D eigenvalue weighted by Crippen LogP contribution is 2.33. The van der Waals surface area contributed by atoms with Crippen LogP contribution in [0.5, 0.6) is 5.75 Å². The van der Waals surface area contributed by atoms with Gasteiger partial charge in [0.25, 0.3) is 5.91 Å². The van der Waals surface area contributed by atoms with Crippen LogP contribution < -0.4 is 10.1 Å². The Morgan fingerprint density at radius 2 is 1.67 bits per heavy atom. The van der Waals surface area contributed by atoms with Crippen molar-refractivity contribution in [1.29, 1.82) is 0 Å². The fourth-order valence-corrected chi connectivity index (χ4v) is 6.85. The number of benzene rings is 3. The minimum atomic E-state index is -0.976. The van der Waals surface area contributed by atoms with E-state index in [0.717, 1.165) is 33.5 Å². The topological polar surface area (TPSA) is 113 Å². The van der Waals surface area contributed by atoms with Crippen molar-refractivity contribution < 1.29 is 14.3 Å². The molecule has 2 amide bonds. The number of para-hydroxylation sites is 1. The van der Waals surface area contributed by atoms with Gasteiger partial charge in [-0.2, -0.15) is 0 Å². The molecular weight excluding hydrogens is 617 g/mol. The normalized spacial score (nSPS) is 11.7. The summed E-state index contributed by atoms with van der Waals surface area (Å²) >= 11 is 2.71. The number of amides is 2. The first kappa shape index (κ1) is 31.0. The number of thioether (sulfide) groups is 1. The first-order valence-corrected chi connectivity index (χ1v) is 16.5. The number of methoxy groups -OCH3 is 1. The lowest BCUT2D eigenvalue weighted by Crippen LogP contribution is -2.41. The van der Waals surface area contributed by atoms with Crippen molar-refractivity contribution in [2.75, 3.05) is 18.2 Å². The Labute approximate surface area is 275 Å². The van der Waals surface area contributed by atoms with Gasteiger partial charge in [-0.1, -0.05) is 60.3 Å². The zero-order chi connectivity index (χ0) is 32.0. The molecule has 11 heteroatoms. The quantitative estimate of drug-likeness (QED) is 0.113. The van der Waals surface area contributed by atoms with Gasteiger partial charge in [0.1, 0.15) is 16.8 Å². The molecular formula is C35H32N6O3S2. The van der Waals surface area contributed by atoms with Crippen LogP contribution in [0.15, 0.2) is 102 Å². The fraction of sp³-hybridized carbons (Fsp3) is 0.171. The number of aromatic amines is 1. The maximum absolute atomic E-state index is 14.3. The van der Waals surface area contributed by atoms with E-state index < -0.39 is 6.04 Å². The van der Waals surface area contributed by atoms with Crippen molar-refractivity contribution in [3.8, 4) is 17.0 Å². The molecule has 3 aromatic carbocycles. The van der Waals surface area contributed by atoms with Crippen LogP contribution in [0.4, 0.5) is 5.69 Å². The first-order valence-electron chi connectivity index (χ1n) is 14.6. The summed E-state index contributed by atoms with van der Waals surface area (Å²) in [5.74, 6) is 0.112. The standard InChI is InChI=1S/C35H32N6O3S2/c1-22-17-23(2)38-35(37-22)46-21-32(42)41(19-31-40-30(20-45-31)24-9-5-4-6-10-24)33(28-18-36-29-12-8-7-11-27(28)29)34(43)39-25-13-15-26(44-3)16-14-25/h4-18,20,33,36H,19,21H2,1-3H3,(H,39,43)/t33-/m1/s1. The predicted octanol–water partition coefficient (Wildman–Crippen LogP) is 7.21. The van der Waals surface area contributed by atoms with Crippen molar-refractivity contribution >= 4 is 51.5 Å². The van der Waals surface area contributed by atoms with Gasteiger partial charge < -0.3 is 19.9 Å². The number of ether oxygens (including phenoxy) is 1. The molecule has 9 nitrogen and oxygen atoms in total. The number of aromatic nitrogens is 4. The Kier molecular flexibility index (Phi) is 9.41. The summed E-state index contributed by atoms with van der Waals surface area (Å²) in [7, 11) is 1.59. The number of carbonyl (C=O) groups excluding carboxylic acids is 2. The van der Waals surface area contributed by atoms with Gasteiger partial charge in [0.15, 0.2) is 5.16 Å². The Bertz CT molecular complexity index is 1950. The molecule has 3 heterocycles. The largest absolute Gasteiger partial charge is 0.497 e. The Hall–Kier alpha value is -5.00. The first-order chi connectivity index (χ1) is 22.4. The molecule has 2 N–H and O–H groups in total. The third-order valence-corrected chi connectivity index (χ3v) is 9.03. The monoisotopic (exact) mass is 648 g/mol. The maximum Gasteiger partial charge on any atom is 0.251 e. The zero-order valence-electron chi connectivity index (χ0n) is 25.6. The third-order valence-electron chi connectivity index (χ3n) is 7.37. The lowest BCUT2D eigenvalue weighted by atomic mass is 10.0. The van der Waals surface area contributed by atoms with Gasteiger partial charge in [-0.05, 0) is 50.2 Å². The second-order valence-corrected chi connectivity index (χ2v) is 12.5. The van der Waals surface area contributed by atoms with Crippen LogP contribution in [-0.2, 0) is 16.1 Å². The number of aryl methyl sites for hydroxylation is 2. The van der Waals surface area contributed by atoms with E-state index in [1.807, 2.05) is 79.9 Å². The molecule has 0 aliphatic heterocycles. The molecule has 0 unspecified atom stereocenters. The van der Waals surface area contributed by atoms with Crippen LogP contribution in [-0.4, -0.2) is 49.5 Å².